The van der Waals surface area contributed by atoms with Gasteiger partial charge in [0.25, 0.3) is 0 Å². The van der Waals surface area contributed by atoms with Gasteiger partial charge in [-0.15, -0.1) is 0 Å². The van der Waals surface area contributed by atoms with Crippen molar-refractivity contribution in [1.82, 2.24) is 0 Å². The van der Waals surface area contributed by atoms with Gasteiger partial charge in [0.1, 0.15) is 18.4 Å². The van der Waals surface area contributed by atoms with Crippen molar-refractivity contribution in [2.45, 2.75) is 44.9 Å². The molecule has 2 N–H and O–H groups in total. The molecule has 0 bridgehead atoms. The molecule has 0 radical (unpaired) electrons. The minimum absolute atomic E-state index is 0.383. The maximum absolute atomic E-state index is 10.1. The summed E-state index contributed by atoms with van der Waals surface area (Å²) in [5.74, 6) is 0.835. The van der Waals surface area contributed by atoms with E-state index in [2.05, 4.69) is 6.92 Å². The molecule has 1 aromatic carbocycles. The molecule has 1 saturated heterocycles. The van der Waals surface area contributed by atoms with Crippen molar-refractivity contribution >= 4 is 0 Å². The number of aliphatic hydroxyl groups excluding tert-OH is 1. The molecule has 0 saturated carbocycles. The Balaban J connectivity index is 1.72. The van der Waals surface area contributed by atoms with Crippen molar-refractivity contribution in [3.8, 4) is 5.75 Å². The molecule has 1 unspecified atom stereocenters. The lowest BCUT2D eigenvalue weighted by atomic mass is 10.0. The fourth-order valence-corrected chi connectivity index (χ4v) is 3.05. The zero-order chi connectivity index (χ0) is 15.1. The van der Waals surface area contributed by atoms with Gasteiger partial charge in [0.15, 0.2) is 0 Å². The van der Waals surface area contributed by atoms with Crippen LogP contribution in [0.2, 0.25) is 0 Å². The van der Waals surface area contributed by atoms with Crippen LogP contribution in [0.5, 0.6) is 5.75 Å². The van der Waals surface area contributed by atoms with Crippen LogP contribution in [0.15, 0.2) is 24.3 Å². The van der Waals surface area contributed by atoms with E-state index in [1.54, 1.807) is 7.11 Å². The number of nitrogens with one attached hydrogen (secondary N) is 1. The Hall–Kier alpha value is -1.10. The molecule has 1 fully saturated rings. The van der Waals surface area contributed by atoms with Crippen LogP contribution < -0.4 is 9.64 Å². The van der Waals surface area contributed by atoms with E-state index in [0.29, 0.717) is 19.3 Å². The Labute approximate surface area is 127 Å². The van der Waals surface area contributed by atoms with Crippen LogP contribution >= 0.6 is 0 Å². The van der Waals surface area contributed by atoms with Crippen LogP contribution in [0, 0.1) is 0 Å². The highest BCUT2D eigenvalue weighted by molar-refractivity contribution is 5.32. The number of hydrogen-bond acceptors (Lipinski definition) is 3. The number of aliphatic hydroxyl groups is 1. The van der Waals surface area contributed by atoms with Crippen LogP contribution in [0.4, 0.5) is 0 Å². The van der Waals surface area contributed by atoms with E-state index in [9.17, 15) is 5.11 Å². The quantitative estimate of drug-likeness (QED) is 0.789. The Morgan fingerprint density at radius 3 is 2.90 bits per heavy atom. The summed E-state index contributed by atoms with van der Waals surface area (Å²) in [5, 5.41) is 10.1. The molecule has 4 heteroatoms. The van der Waals surface area contributed by atoms with Gasteiger partial charge < -0.3 is 19.5 Å². The summed E-state index contributed by atoms with van der Waals surface area (Å²) in [6, 6.07) is 8.48. The van der Waals surface area contributed by atoms with Gasteiger partial charge in [-0.1, -0.05) is 18.2 Å². The Morgan fingerprint density at radius 2 is 2.14 bits per heavy atom. The second-order valence-electron chi connectivity index (χ2n) is 5.99. The molecule has 21 heavy (non-hydrogen) atoms. The number of likely N-dealkylation sites (tertiary alicyclic amines) is 1. The average Bonchev–Trinajstić information content (AvgIpc) is 2.50. The summed E-state index contributed by atoms with van der Waals surface area (Å²) in [4.78, 5) is 1.51. The Bertz CT molecular complexity index is 424. The summed E-state index contributed by atoms with van der Waals surface area (Å²) in [6.45, 7) is 5.09. The number of benzene rings is 1. The van der Waals surface area contributed by atoms with Gasteiger partial charge in [0.05, 0.1) is 32.9 Å². The van der Waals surface area contributed by atoms with Crippen molar-refractivity contribution in [3.05, 3.63) is 29.8 Å². The molecule has 0 spiro atoms. The Morgan fingerprint density at radius 1 is 1.33 bits per heavy atom. The van der Waals surface area contributed by atoms with E-state index in [-0.39, 0.29) is 0 Å². The van der Waals surface area contributed by atoms with Gasteiger partial charge >= 0.3 is 0 Å². The molecule has 2 rings (SSSR count). The number of hydrogen-bond donors (Lipinski definition) is 2. The minimum Gasteiger partial charge on any atom is -0.496 e. The maximum Gasteiger partial charge on any atom is 0.126 e. The highest BCUT2D eigenvalue weighted by atomic mass is 16.5. The standard InChI is InChI=1S/C17H27NO3/c1-14-7-5-6-10-18(14)11-16(19)13-21-12-15-8-3-4-9-17(15)20-2/h3-4,8-9,14,16,19H,5-7,10-13H2,1-2H3/p+1/t14-,16+/m0/s1. The summed E-state index contributed by atoms with van der Waals surface area (Å²) in [5.41, 5.74) is 1.02. The number of methoxy groups -OCH3 is 1. The predicted octanol–water partition coefficient (Wildman–Crippen LogP) is 1.03. The normalized spacial score (nSPS) is 23.8. The second kappa shape index (κ2) is 8.37. The number of quaternary nitrogens is 1. The average molecular weight is 294 g/mol. The van der Waals surface area contributed by atoms with E-state index in [4.69, 9.17) is 9.47 Å². The molecule has 4 nitrogen and oxygen atoms in total. The van der Waals surface area contributed by atoms with Crippen molar-refractivity contribution in [3.63, 3.8) is 0 Å². The highest BCUT2D eigenvalue weighted by Crippen LogP contribution is 2.17. The Kier molecular flexibility index (Phi) is 6.49. The van der Waals surface area contributed by atoms with E-state index < -0.39 is 6.10 Å². The van der Waals surface area contributed by atoms with Crippen LogP contribution in [-0.4, -0.2) is 44.1 Å². The second-order valence-corrected chi connectivity index (χ2v) is 5.99. The van der Waals surface area contributed by atoms with Gasteiger partial charge in [0.2, 0.25) is 0 Å². The number of para-hydroxylation sites is 1. The lowest BCUT2D eigenvalue weighted by molar-refractivity contribution is -0.931. The maximum atomic E-state index is 10.1. The molecule has 3 atom stereocenters. The first-order valence-electron chi connectivity index (χ1n) is 7.93. The van der Waals surface area contributed by atoms with Gasteiger partial charge in [0, 0.05) is 5.56 Å². The topological polar surface area (TPSA) is 43.1 Å². The molecule has 1 aliphatic heterocycles. The number of piperidine rings is 1. The summed E-state index contributed by atoms with van der Waals surface area (Å²) < 4.78 is 10.9. The van der Waals surface area contributed by atoms with Crippen LogP contribution in [-0.2, 0) is 11.3 Å². The van der Waals surface area contributed by atoms with E-state index in [1.807, 2.05) is 24.3 Å². The lowest BCUT2D eigenvalue weighted by Gasteiger charge is -2.31. The first kappa shape index (κ1) is 16.3. The third-order valence-electron chi connectivity index (χ3n) is 4.34. The van der Waals surface area contributed by atoms with Crippen molar-refractivity contribution < 1.29 is 19.5 Å². The van der Waals surface area contributed by atoms with Crippen molar-refractivity contribution in [1.29, 1.82) is 0 Å². The molecular formula is C17H28NO3+. The van der Waals surface area contributed by atoms with Crippen LogP contribution in [0.1, 0.15) is 31.7 Å². The molecule has 1 heterocycles. The highest BCUT2D eigenvalue weighted by Gasteiger charge is 2.24. The monoisotopic (exact) mass is 294 g/mol. The zero-order valence-electron chi connectivity index (χ0n) is 13.2. The van der Waals surface area contributed by atoms with Gasteiger partial charge in [-0.3, -0.25) is 0 Å². The van der Waals surface area contributed by atoms with Crippen LogP contribution in [0.25, 0.3) is 0 Å². The van der Waals surface area contributed by atoms with Crippen LogP contribution in [0.3, 0.4) is 0 Å². The lowest BCUT2D eigenvalue weighted by Crippen LogP contribution is -3.17. The number of ether oxygens (including phenoxy) is 2. The minimum atomic E-state index is -0.393. The van der Waals surface area contributed by atoms with E-state index >= 15 is 0 Å². The number of rotatable bonds is 7. The first-order chi connectivity index (χ1) is 10.2. The largest absolute Gasteiger partial charge is 0.496 e. The van der Waals surface area contributed by atoms with Gasteiger partial charge in [-0.25, -0.2) is 0 Å². The van der Waals surface area contributed by atoms with Crippen molar-refractivity contribution in [2.24, 2.45) is 0 Å². The van der Waals surface area contributed by atoms with Crippen molar-refractivity contribution in [2.75, 3.05) is 26.8 Å². The third kappa shape index (κ3) is 4.99. The SMILES string of the molecule is COc1ccccc1COC[C@H](O)C[NH+]1CCCC[C@@H]1C. The fraction of sp³-hybridized carbons (Fsp3) is 0.647. The molecule has 118 valence electrons. The molecule has 0 amide bonds. The predicted molar refractivity (Wildman–Crippen MR) is 82.7 cm³/mol. The molecule has 0 aliphatic carbocycles. The van der Waals surface area contributed by atoms with Gasteiger partial charge in [-0.2, -0.15) is 0 Å². The molecular weight excluding hydrogens is 266 g/mol. The zero-order valence-corrected chi connectivity index (χ0v) is 13.2. The third-order valence-corrected chi connectivity index (χ3v) is 4.34. The van der Waals surface area contributed by atoms with Gasteiger partial charge in [-0.05, 0) is 32.3 Å². The molecule has 1 aliphatic rings. The summed E-state index contributed by atoms with van der Waals surface area (Å²) >= 11 is 0. The summed E-state index contributed by atoms with van der Waals surface area (Å²) in [7, 11) is 1.66. The van der Waals surface area contributed by atoms with E-state index in [0.717, 1.165) is 17.9 Å². The molecule has 0 aromatic heterocycles. The van der Waals surface area contributed by atoms with E-state index in [1.165, 1.54) is 30.7 Å². The smallest absolute Gasteiger partial charge is 0.126 e. The fourth-order valence-electron chi connectivity index (χ4n) is 3.05. The summed E-state index contributed by atoms with van der Waals surface area (Å²) in [6.07, 6.45) is 3.47. The molecule has 1 aromatic rings. The first-order valence-corrected chi connectivity index (χ1v) is 7.93.